The van der Waals surface area contributed by atoms with Crippen molar-refractivity contribution in [1.82, 2.24) is 5.32 Å². The smallest absolute Gasteiger partial charge is 0.0515 e. The van der Waals surface area contributed by atoms with Crippen LogP contribution in [0, 0.1) is 11.8 Å². The van der Waals surface area contributed by atoms with E-state index in [1.54, 1.807) is 0 Å². The number of aliphatic hydroxyl groups is 1. The summed E-state index contributed by atoms with van der Waals surface area (Å²) >= 11 is 0. The van der Waals surface area contributed by atoms with Gasteiger partial charge < -0.3 is 10.4 Å². The Labute approximate surface area is 94.5 Å². The van der Waals surface area contributed by atoms with Crippen molar-refractivity contribution in [2.75, 3.05) is 6.54 Å². The Morgan fingerprint density at radius 3 is 2.53 bits per heavy atom. The SMILES string of the molecule is CC(O)CC(C)CNC1CCCCC1C. The van der Waals surface area contributed by atoms with Gasteiger partial charge in [-0.2, -0.15) is 0 Å². The van der Waals surface area contributed by atoms with Crippen molar-refractivity contribution < 1.29 is 5.11 Å². The molecule has 2 heteroatoms. The first-order chi connectivity index (χ1) is 7.09. The zero-order chi connectivity index (χ0) is 11.3. The van der Waals surface area contributed by atoms with E-state index in [9.17, 15) is 5.11 Å². The molecule has 0 aromatic heterocycles. The van der Waals surface area contributed by atoms with Crippen molar-refractivity contribution in [2.24, 2.45) is 11.8 Å². The molecule has 0 radical (unpaired) electrons. The Morgan fingerprint density at radius 1 is 1.27 bits per heavy atom. The van der Waals surface area contributed by atoms with E-state index in [0.717, 1.165) is 24.9 Å². The van der Waals surface area contributed by atoms with Crippen LogP contribution in [0.3, 0.4) is 0 Å². The Kier molecular flexibility index (Phi) is 5.62. The summed E-state index contributed by atoms with van der Waals surface area (Å²) in [6.45, 7) is 7.50. The van der Waals surface area contributed by atoms with Gasteiger partial charge in [-0.1, -0.05) is 26.7 Å². The highest BCUT2D eigenvalue weighted by Crippen LogP contribution is 2.23. The average Bonchev–Trinajstić information content (AvgIpc) is 2.15. The van der Waals surface area contributed by atoms with E-state index >= 15 is 0 Å². The predicted octanol–water partition coefficient (Wildman–Crippen LogP) is 2.56. The van der Waals surface area contributed by atoms with Crippen molar-refractivity contribution in [1.29, 1.82) is 0 Å². The number of nitrogens with one attached hydrogen (secondary N) is 1. The molecular weight excluding hydrogens is 186 g/mol. The van der Waals surface area contributed by atoms with Crippen LogP contribution in [0.4, 0.5) is 0 Å². The highest BCUT2D eigenvalue weighted by atomic mass is 16.3. The number of hydrogen-bond donors (Lipinski definition) is 2. The van der Waals surface area contributed by atoms with Crippen molar-refractivity contribution >= 4 is 0 Å². The summed E-state index contributed by atoms with van der Waals surface area (Å²) in [5.74, 6) is 1.41. The van der Waals surface area contributed by atoms with E-state index in [0.29, 0.717) is 5.92 Å². The van der Waals surface area contributed by atoms with Crippen LogP contribution in [-0.4, -0.2) is 23.8 Å². The molecule has 0 saturated heterocycles. The molecule has 0 heterocycles. The highest BCUT2D eigenvalue weighted by molar-refractivity contribution is 4.78. The van der Waals surface area contributed by atoms with Crippen LogP contribution < -0.4 is 5.32 Å². The van der Waals surface area contributed by atoms with Crippen LogP contribution in [0.2, 0.25) is 0 Å². The first kappa shape index (κ1) is 13.0. The standard InChI is InChI=1S/C13H27NO/c1-10(8-12(3)15)9-14-13-7-5-4-6-11(13)2/h10-15H,4-9H2,1-3H3. The molecule has 0 aromatic rings. The lowest BCUT2D eigenvalue weighted by Gasteiger charge is -2.30. The van der Waals surface area contributed by atoms with Gasteiger partial charge >= 0.3 is 0 Å². The molecule has 90 valence electrons. The van der Waals surface area contributed by atoms with Gasteiger partial charge in [0.1, 0.15) is 0 Å². The molecular formula is C13H27NO. The van der Waals surface area contributed by atoms with Gasteiger partial charge in [0.25, 0.3) is 0 Å². The number of hydrogen-bond acceptors (Lipinski definition) is 2. The Balaban J connectivity index is 2.17. The fourth-order valence-corrected chi connectivity index (χ4v) is 2.64. The van der Waals surface area contributed by atoms with Crippen molar-refractivity contribution in [3.05, 3.63) is 0 Å². The molecule has 1 aliphatic rings. The lowest BCUT2D eigenvalue weighted by atomic mass is 9.85. The zero-order valence-electron chi connectivity index (χ0n) is 10.5. The third kappa shape index (κ3) is 4.98. The summed E-state index contributed by atoms with van der Waals surface area (Å²) in [5.41, 5.74) is 0. The van der Waals surface area contributed by atoms with Gasteiger partial charge in [0.05, 0.1) is 6.10 Å². The summed E-state index contributed by atoms with van der Waals surface area (Å²) in [7, 11) is 0. The van der Waals surface area contributed by atoms with Gasteiger partial charge in [-0.15, -0.1) is 0 Å². The second-order valence-corrected chi connectivity index (χ2v) is 5.47. The van der Waals surface area contributed by atoms with Gasteiger partial charge in [-0.3, -0.25) is 0 Å². The van der Waals surface area contributed by atoms with E-state index in [1.165, 1.54) is 25.7 Å². The van der Waals surface area contributed by atoms with Crippen LogP contribution in [0.5, 0.6) is 0 Å². The maximum absolute atomic E-state index is 9.28. The molecule has 1 fully saturated rings. The average molecular weight is 213 g/mol. The van der Waals surface area contributed by atoms with E-state index < -0.39 is 0 Å². The normalized spacial score (nSPS) is 31.2. The maximum Gasteiger partial charge on any atom is 0.0515 e. The summed E-state index contributed by atoms with van der Waals surface area (Å²) < 4.78 is 0. The third-order valence-corrected chi connectivity index (χ3v) is 3.58. The van der Waals surface area contributed by atoms with E-state index in [-0.39, 0.29) is 6.10 Å². The highest BCUT2D eigenvalue weighted by Gasteiger charge is 2.21. The molecule has 4 unspecified atom stereocenters. The topological polar surface area (TPSA) is 32.3 Å². The fourth-order valence-electron chi connectivity index (χ4n) is 2.64. The molecule has 2 N–H and O–H groups in total. The first-order valence-corrected chi connectivity index (χ1v) is 6.51. The Hall–Kier alpha value is -0.0800. The second-order valence-electron chi connectivity index (χ2n) is 5.47. The molecule has 0 bridgehead atoms. The minimum atomic E-state index is -0.162. The maximum atomic E-state index is 9.28. The quantitative estimate of drug-likeness (QED) is 0.735. The Morgan fingerprint density at radius 2 is 1.93 bits per heavy atom. The van der Waals surface area contributed by atoms with Gasteiger partial charge in [0, 0.05) is 6.04 Å². The molecule has 0 amide bonds. The lowest BCUT2D eigenvalue weighted by Crippen LogP contribution is -2.39. The van der Waals surface area contributed by atoms with Gasteiger partial charge in [0.2, 0.25) is 0 Å². The van der Waals surface area contributed by atoms with E-state index in [4.69, 9.17) is 0 Å². The molecule has 1 rings (SSSR count). The largest absolute Gasteiger partial charge is 0.393 e. The van der Waals surface area contributed by atoms with Crippen molar-refractivity contribution in [2.45, 2.75) is 65.0 Å². The van der Waals surface area contributed by atoms with Crippen LogP contribution in [0.25, 0.3) is 0 Å². The van der Waals surface area contributed by atoms with Crippen LogP contribution in [-0.2, 0) is 0 Å². The molecule has 1 saturated carbocycles. The molecule has 0 aromatic carbocycles. The minimum absolute atomic E-state index is 0.162. The molecule has 4 atom stereocenters. The van der Waals surface area contributed by atoms with Crippen LogP contribution in [0.15, 0.2) is 0 Å². The summed E-state index contributed by atoms with van der Waals surface area (Å²) in [5, 5.41) is 12.9. The molecule has 15 heavy (non-hydrogen) atoms. The number of rotatable bonds is 5. The molecule has 0 aliphatic heterocycles. The number of aliphatic hydroxyl groups excluding tert-OH is 1. The molecule has 2 nitrogen and oxygen atoms in total. The summed E-state index contributed by atoms with van der Waals surface area (Å²) in [4.78, 5) is 0. The van der Waals surface area contributed by atoms with Gasteiger partial charge in [-0.05, 0) is 44.6 Å². The monoisotopic (exact) mass is 213 g/mol. The van der Waals surface area contributed by atoms with Crippen LogP contribution in [0.1, 0.15) is 52.9 Å². The van der Waals surface area contributed by atoms with Gasteiger partial charge in [-0.25, -0.2) is 0 Å². The van der Waals surface area contributed by atoms with Gasteiger partial charge in [0.15, 0.2) is 0 Å². The van der Waals surface area contributed by atoms with E-state index in [2.05, 4.69) is 19.2 Å². The predicted molar refractivity (Wildman–Crippen MR) is 64.9 cm³/mol. The first-order valence-electron chi connectivity index (χ1n) is 6.51. The summed E-state index contributed by atoms with van der Waals surface area (Å²) in [6.07, 6.45) is 6.25. The third-order valence-electron chi connectivity index (χ3n) is 3.58. The minimum Gasteiger partial charge on any atom is -0.393 e. The van der Waals surface area contributed by atoms with Crippen LogP contribution >= 0.6 is 0 Å². The van der Waals surface area contributed by atoms with Crippen molar-refractivity contribution in [3.8, 4) is 0 Å². The second kappa shape index (κ2) is 6.49. The zero-order valence-corrected chi connectivity index (χ0v) is 10.5. The van der Waals surface area contributed by atoms with E-state index in [1.807, 2.05) is 6.92 Å². The fraction of sp³-hybridized carbons (Fsp3) is 1.00. The lowest BCUT2D eigenvalue weighted by molar-refractivity contribution is 0.159. The Bertz CT molecular complexity index is 170. The van der Waals surface area contributed by atoms with Crippen molar-refractivity contribution in [3.63, 3.8) is 0 Å². The molecule has 0 spiro atoms. The molecule has 1 aliphatic carbocycles. The summed E-state index contributed by atoms with van der Waals surface area (Å²) in [6, 6.07) is 0.718.